The molecule has 0 saturated carbocycles. The summed E-state index contributed by atoms with van der Waals surface area (Å²) in [4.78, 5) is 0. The van der Waals surface area contributed by atoms with Crippen molar-refractivity contribution in [1.82, 2.24) is 0 Å². The van der Waals surface area contributed by atoms with Crippen LogP contribution < -0.4 is 23.2 Å². The lowest BCUT2D eigenvalue weighted by atomic mass is 10.1. The quantitative estimate of drug-likeness (QED) is 0.454. The van der Waals surface area contributed by atoms with Crippen LogP contribution in [0.5, 0.6) is 0 Å². The molecule has 5 nitrogen and oxygen atoms in total. The van der Waals surface area contributed by atoms with Gasteiger partial charge in [0.05, 0.1) is 0 Å². The van der Waals surface area contributed by atoms with Crippen molar-refractivity contribution in [2.75, 3.05) is 0 Å². The molecular formula is C12H20ClNO4. The zero-order valence-electron chi connectivity index (χ0n) is 10.8. The molecule has 0 aliphatic rings. The van der Waals surface area contributed by atoms with E-state index in [2.05, 4.69) is 43.1 Å². The summed E-state index contributed by atoms with van der Waals surface area (Å²) < 4.78 is 36.1. The topological polar surface area (TPSA) is 96.1 Å². The molecule has 0 spiro atoms. The first-order valence-corrected chi connectivity index (χ1v) is 7.12. The zero-order valence-corrected chi connectivity index (χ0v) is 11.6. The van der Waals surface area contributed by atoms with Gasteiger partial charge in [0.15, 0.2) is 12.4 Å². The maximum absolute atomic E-state index is 8.49. The van der Waals surface area contributed by atoms with Gasteiger partial charge >= 0.3 is 0 Å². The van der Waals surface area contributed by atoms with Crippen molar-refractivity contribution in [2.24, 2.45) is 7.05 Å². The molecular weight excluding hydrogens is 258 g/mol. The van der Waals surface area contributed by atoms with Gasteiger partial charge in [0.1, 0.15) is 7.05 Å². The third-order valence-corrected chi connectivity index (χ3v) is 2.37. The highest BCUT2D eigenvalue weighted by molar-refractivity contribution is 5.06. The van der Waals surface area contributed by atoms with Gasteiger partial charge < -0.3 is 0 Å². The molecule has 0 aliphatic carbocycles. The van der Waals surface area contributed by atoms with Crippen LogP contribution in [0, 0.1) is 10.2 Å². The highest BCUT2D eigenvalue weighted by atomic mass is 35.7. The van der Waals surface area contributed by atoms with E-state index in [4.69, 9.17) is 18.6 Å². The summed E-state index contributed by atoms with van der Waals surface area (Å²) in [6.07, 6.45) is 10.9. The van der Waals surface area contributed by atoms with Crippen LogP contribution in [0.4, 0.5) is 0 Å². The van der Waals surface area contributed by atoms with Crippen LogP contribution in [-0.2, 0) is 13.5 Å². The second-order valence-electron chi connectivity index (χ2n) is 4.06. The average Bonchev–Trinajstić information content (AvgIpc) is 2.25. The average molecular weight is 278 g/mol. The molecule has 0 fully saturated rings. The number of rotatable bonds is 5. The van der Waals surface area contributed by atoms with E-state index in [-0.39, 0.29) is 0 Å². The summed E-state index contributed by atoms with van der Waals surface area (Å²) in [6.45, 7) is 2.25. The highest BCUT2D eigenvalue weighted by Crippen LogP contribution is 2.05. The van der Waals surface area contributed by atoms with Crippen LogP contribution in [0.1, 0.15) is 38.2 Å². The monoisotopic (exact) mass is 277 g/mol. The van der Waals surface area contributed by atoms with Crippen molar-refractivity contribution < 1.29 is 33.4 Å². The number of halogens is 1. The molecule has 0 radical (unpaired) electrons. The van der Waals surface area contributed by atoms with Gasteiger partial charge in [0.2, 0.25) is 0 Å². The van der Waals surface area contributed by atoms with E-state index in [0.717, 1.165) is 0 Å². The Labute approximate surface area is 110 Å². The summed E-state index contributed by atoms with van der Waals surface area (Å²) in [5, 5.41) is 0. The van der Waals surface area contributed by atoms with Crippen LogP contribution in [0.2, 0.25) is 0 Å². The molecule has 1 aromatic rings. The first kappa shape index (κ1) is 17.3. The maximum atomic E-state index is 8.49. The lowest BCUT2D eigenvalue weighted by Gasteiger charge is -2.17. The predicted molar refractivity (Wildman–Crippen MR) is 55.5 cm³/mol. The zero-order chi connectivity index (χ0) is 14.0. The number of pyridine rings is 1. The van der Waals surface area contributed by atoms with Crippen molar-refractivity contribution in [3.8, 4) is 0 Å². The second kappa shape index (κ2) is 9.24. The summed E-state index contributed by atoms with van der Waals surface area (Å²) in [6, 6.07) is 4.43. The SMILES string of the molecule is CCCCCCc1cc[n+](C)cc1.[O-][Cl+3]([O-])([O-])[O-]. The van der Waals surface area contributed by atoms with E-state index in [9.17, 15) is 0 Å². The Balaban J connectivity index is 0.000000494. The van der Waals surface area contributed by atoms with Crippen LogP contribution in [0.3, 0.4) is 0 Å². The molecule has 0 atom stereocenters. The molecule has 0 amide bonds. The number of aromatic nitrogens is 1. The van der Waals surface area contributed by atoms with Gasteiger partial charge in [-0.05, 0) is 18.4 Å². The summed E-state index contributed by atoms with van der Waals surface area (Å²) >= 11 is 0. The molecule has 18 heavy (non-hydrogen) atoms. The minimum atomic E-state index is -4.94. The Morgan fingerprint density at radius 1 is 1.00 bits per heavy atom. The Kier molecular flexibility index (Phi) is 8.87. The van der Waals surface area contributed by atoms with Gasteiger partial charge in [-0.25, -0.2) is 23.2 Å². The van der Waals surface area contributed by atoms with Crippen LogP contribution in [0.25, 0.3) is 0 Å². The molecule has 6 heteroatoms. The van der Waals surface area contributed by atoms with E-state index in [1.165, 1.54) is 37.7 Å². The van der Waals surface area contributed by atoms with Crippen molar-refractivity contribution in [1.29, 1.82) is 0 Å². The van der Waals surface area contributed by atoms with Crippen LogP contribution in [0.15, 0.2) is 24.5 Å². The number of nitrogens with zero attached hydrogens (tertiary/aromatic N) is 1. The molecule has 1 heterocycles. The largest absolute Gasteiger partial charge is 0.222 e. The van der Waals surface area contributed by atoms with Gasteiger partial charge in [-0.2, -0.15) is 0 Å². The standard InChI is InChI=1S/C12H20N.ClHO4/c1-3-4-5-6-7-12-8-10-13(2)11-9-12;2-1(3,4)5/h8-11H,3-7H2,1-2H3;(H,2,3,4,5)/q+1;/p-1. The summed E-state index contributed by atoms with van der Waals surface area (Å²) in [7, 11) is -2.89. The minimum absolute atomic E-state index is 1.24. The Morgan fingerprint density at radius 3 is 1.94 bits per heavy atom. The molecule has 1 rings (SSSR count). The van der Waals surface area contributed by atoms with Gasteiger partial charge in [-0.1, -0.05) is 26.2 Å². The van der Waals surface area contributed by atoms with E-state index < -0.39 is 10.2 Å². The van der Waals surface area contributed by atoms with Crippen molar-refractivity contribution in [3.05, 3.63) is 30.1 Å². The third-order valence-electron chi connectivity index (χ3n) is 2.37. The predicted octanol–water partition coefficient (Wildman–Crippen LogP) is -2.12. The lowest BCUT2D eigenvalue weighted by molar-refractivity contribution is -2.00. The summed E-state index contributed by atoms with van der Waals surface area (Å²) in [5.74, 6) is 0. The summed E-state index contributed by atoms with van der Waals surface area (Å²) in [5.41, 5.74) is 1.47. The third kappa shape index (κ3) is 13.3. The first-order valence-electron chi connectivity index (χ1n) is 5.89. The Hall–Kier alpha value is -0.720. The molecule has 0 aromatic carbocycles. The van der Waals surface area contributed by atoms with E-state index in [1.54, 1.807) is 0 Å². The Bertz CT molecular complexity index is 305. The minimum Gasteiger partial charge on any atom is -0.222 e. The van der Waals surface area contributed by atoms with Crippen LogP contribution in [-0.4, -0.2) is 0 Å². The van der Waals surface area contributed by atoms with E-state index in [0.29, 0.717) is 0 Å². The van der Waals surface area contributed by atoms with Crippen LogP contribution >= 0.6 is 0 Å². The fourth-order valence-corrected chi connectivity index (χ4v) is 1.45. The number of aryl methyl sites for hydroxylation is 2. The fraction of sp³-hybridized carbons (Fsp3) is 0.583. The van der Waals surface area contributed by atoms with E-state index >= 15 is 0 Å². The van der Waals surface area contributed by atoms with Crippen molar-refractivity contribution in [2.45, 2.75) is 39.0 Å². The van der Waals surface area contributed by atoms with E-state index in [1.807, 2.05) is 0 Å². The molecule has 0 unspecified atom stereocenters. The van der Waals surface area contributed by atoms with Gasteiger partial charge in [-0.15, -0.1) is 10.2 Å². The second-order valence-corrected chi connectivity index (χ2v) is 4.82. The maximum Gasteiger partial charge on any atom is 0.168 e. The van der Waals surface area contributed by atoms with Crippen molar-refractivity contribution >= 4 is 0 Å². The van der Waals surface area contributed by atoms with Gasteiger partial charge in [0, 0.05) is 12.1 Å². The van der Waals surface area contributed by atoms with Gasteiger partial charge in [-0.3, -0.25) is 0 Å². The molecule has 0 saturated heterocycles. The molecule has 1 aromatic heterocycles. The van der Waals surface area contributed by atoms with Gasteiger partial charge in [0.25, 0.3) is 0 Å². The Morgan fingerprint density at radius 2 is 1.50 bits per heavy atom. The molecule has 0 aliphatic heterocycles. The highest BCUT2D eigenvalue weighted by Gasteiger charge is 1.95. The molecule has 104 valence electrons. The first-order chi connectivity index (χ1) is 8.33. The number of hydrogen-bond donors (Lipinski definition) is 0. The fourth-order valence-electron chi connectivity index (χ4n) is 1.45. The number of hydrogen-bond acceptors (Lipinski definition) is 4. The lowest BCUT2D eigenvalue weighted by Crippen LogP contribution is -2.68. The number of unbranched alkanes of at least 4 members (excludes halogenated alkanes) is 3. The normalized spacial score (nSPS) is 10.8. The smallest absolute Gasteiger partial charge is 0.168 e. The van der Waals surface area contributed by atoms with Crippen molar-refractivity contribution in [3.63, 3.8) is 0 Å². The molecule has 0 bridgehead atoms. The molecule has 0 N–H and O–H groups in total.